The van der Waals surface area contributed by atoms with E-state index in [-0.39, 0.29) is 5.92 Å². The molecule has 5 nitrogen and oxygen atoms in total. The quantitative estimate of drug-likeness (QED) is 0.697. The molecule has 0 heterocycles. The van der Waals surface area contributed by atoms with Crippen LogP contribution in [0, 0.1) is 28.6 Å². The van der Waals surface area contributed by atoms with E-state index in [1.54, 1.807) is 0 Å². The molecule has 0 aromatic carbocycles. The molecule has 1 amide bonds. The highest BCUT2D eigenvalue weighted by molar-refractivity contribution is 5.73. The molecule has 0 radical (unpaired) electrons. The number of allylic oxidation sites excluding steroid dienone is 2. The van der Waals surface area contributed by atoms with Crippen molar-refractivity contribution >= 4 is 12.1 Å². The molecule has 0 aromatic heterocycles. The molecule has 0 spiro atoms. The van der Waals surface area contributed by atoms with Crippen LogP contribution < -0.4 is 5.32 Å². The van der Waals surface area contributed by atoms with Gasteiger partial charge in [-0.3, -0.25) is 4.79 Å². The third-order valence-corrected chi connectivity index (χ3v) is 5.86. The van der Waals surface area contributed by atoms with Crippen molar-refractivity contribution in [2.24, 2.45) is 28.6 Å². The van der Waals surface area contributed by atoms with Crippen LogP contribution in [0.15, 0.2) is 11.6 Å². The zero-order chi connectivity index (χ0) is 19.9. The number of alkyl carbamates (subject to hydrolysis) is 1. The molecule has 4 atom stereocenters. The molecule has 2 aliphatic carbocycles. The second-order valence-electron chi connectivity index (χ2n) is 10.1. The van der Waals surface area contributed by atoms with Gasteiger partial charge in [0.2, 0.25) is 0 Å². The largest absolute Gasteiger partial charge is 0.481 e. The van der Waals surface area contributed by atoms with Gasteiger partial charge in [0.15, 0.2) is 0 Å². The summed E-state index contributed by atoms with van der Waals surface area (Å²) in [5.74, 6) is -0.582. The van der Waals surface area contributed by atoms with Crippen LogP contribution in [-0.4, -0.2) is 29.3 Å². The van der Waals surface area contributed by atoms with Crippen molar-refractivity contribution in [3.05, 3.63) is 11.6 Å². The van der Waals surface area contributed by atoms with Crippen LogP contribution in [0.2, 0.25) is 0 Å². The van der Waals surface area contributed by atoms with Crippen molar-refractivity contribution in [1.82, 2.24) is 5.32 Å². The molecule has 0 aliphatic heterocycles. The fourth-order valence-corrected chi connectivity index (χ4v) is 5.11. The molecule has 1 unspecified atom stereocenters. The Morgan fingerprint density at radius 3 is 2.38 bits per heavy atom. The van der Waals surface area contributed by atoms with Crippen molar-refractivity contribution in [3.63, 3.8) is 0 Å². The zero-order valence-corrected chi connectivity index (χ0v) is 17.3. The number of carbonyl (C=O) groups excluding carboxylic acids is 1. The van der Waals surface area contributed by atoms with Crippen LogP contribution in [0.3, 0.4) is 0 Å². The predicted molar refractivity (Wildman–Crippen MR) is 102 cm³/mol. The molecule has 2 rings (SSSR count). The first-order chi connectivity index (χ1) is 11.8. The lowest BCUT2D eigenvalue weighted by molar-refractivity contribution is -0.167. The van der Waals surface area contributed by atoms with Crippen molar-refractivity contribution < 1.29 is 19.4 Å². The lowest BCUT2D eigenvalue weighted by Crippen LogP contribution is -2.61. The Hall–Kier alpha value is -1.52. The maximum Gasteiger partial charge on any atom is 0.407 e. The fourth-order valence-electron chi connectivity index (χ4n) is 5.11. The van der Waals surface area contributed by atoms with Crippen molar-refractivity contribution in [2.75, 3.05) is 6.54 Å². The van der Waals surface area contributed by atoms with E-state index < -0.39 is 34.4 Å². The van der Waals surface area contributed by atoms with E-state index in [9.17, 15) is 14.7 Å². The van der Waals surface area contributed by atoms with E-state index in [2.05, 4.69) is 18.3 Å². The van der Waals surface area contributed by atoms with E-state index in [0.29, 0.717) is 12.5 Å². The topological polar surface area (TPSA) is 75.6 Å². The summed E-state index contributed by atoms with van der Waals surface area (Å²) in [7, 11) is 0. The lowest BCUT2D eigenvalue weighted by atomic mass is 9.46. The molecule has 5 heteroatoms. The van der Waals surface area contributed by atoms with Crippen LogP contribution in [-0.2, 0) is 9.53 Å². The van der Waals surface area contributed by atoms with Gasteiger partial charge >= 0.3 is 12.1 Å². The van der Waals surface area contributed by atoms with Gasteiger partial charge in [-0.25, -0.2) is 4.79 Å². The molecular formula is C21H35NO4. The van der Waals surface area contributed by atoms with Gasteiger partial charge in [0.05, 0.1) is 5.92 Å². The summed E-state index contributed by atoms with van der Waals surface area (Å²) in [6.07, 6.45) is 4.71. The number of carboxylic acids is 1. The Morgan fingerprint density at radius 2 is 1.92 bits per heavy atom. The second kappa shape index (κ2) is 6.90. The van der Waals surface area contributed by atoms with Gasteiger partial charge in [-0.15, -0.1) is 0 Å². The maximum absolute atomic E-state index is 12.2. The van der Waals surface area contributed by atoms with Gasteiger partial charge in [-0.1, -0.05) is 39.3 Å². The van der Waals surface area contributed by atoms with Crippen LogP contribution in [0.4, 0.5) is 4.79 Å². The predicted octanol–water partition coefficient (Wildman–Crippen LogP) is 4.62. The first-order valence-corrected chi connectivity index (χ1v) is 9.69. The average molecular weight is 366 g/mol. The standard InChI is InChI=1S/C21H35NO4/c1-8-13-9-14-11-21(15(14)10-13,16(17(23)24)19(2,3)4)12-22-18(25)26-20(5,6)7/h10,14-16H,8-9,11-12H2,1-7H3,(H,22,25)(H,23,24)/t14-,15-,16?,21+/m1/s1. The summed E-state index contributed by atoms with van der Waals surface area (Å²) in [6.45, 7) is 13.9. The number of carboxylic acid groups (broad SMARTS) is 1. The van der Waals surface area contributed by atoms with E-state index in [4.69, 9.17) is 4.74 Å². The van der Waals surface area contributed by atoms with Gasteiger partial charge < -0.3 is 15.2 Å². The van der Waals surface area contributed by atoms with Crippen molar-refractivity contribution in [2.45, 2.75) is 73.3 Å². The number of carbonyl (C=O) groups is 2. The van der Waals surface area contributed by atoms with E-state index in [1.165, 1.54) is 5.57 Å². The number of rotatable bonds is 5. The summed E-state index contributed by atoms with van der Waals surface area (Å²) in [5, 5.41) is 12.9. The van der Waals surface area contributed by atoms with Crippen LogP contribution in [0.25, 0.3) is 0 Å². The van der Waals surface area contributed by atoms with Gasteiger partial charge in [0.25, 0.3) is 0 Å². The third-order valence-electron chi connectivity index (χ3n) is 5.86. The van der Waals surface area contributed by atoms with E-state index >= 15 is 0 Å². The molecule has 26 heavy (non-hydrogen) atoms. The number of hydrogen-bond donors (Lipinski definition) is 2. The summed E-state index contributed by atoms with van der Waals surface area (Å²) < 4.78 is 5.37. The molecule has 0 saturated heterocycles. The molecule has 2 aliphatic rings. The van der Waals surface area contributed by atoms with Crippen LogP contribution in [0.5, 0.6) is 0 Å². The lowest BCUT2D eigenvalue weighted by Gasteiger charge is -2.58. The minimum absolute atomic E-state index is 0.215. The van der Waals surface area contributed by atoms with Crippen LogP contribution in [0.1, 0.15) is 67.7 Å². The number of fused-ring (bicyclic) bond motifs is 1. The minimum Gasteiger partial charge on any atom is -0.481 e. The van der Waals surface area contributed by atoms with Crippen LogP contribution >= 0.6 is 0 Å². The molecular weight excluding hydrogens is 330 g/mol. The molecule has 1 saturated carbocycles. The second-order valence-corrected chi connectivity index (χ2v) is 10.1. The highest BCUT2D eigenvalue weighted by Gasteiger charge is 2.62. The molecule has 148 valence electrons. The average Bonchev–Trinajstić information content (AvgIpc) is 2.77. The first kappa shape index (κ1) is 20.8. The summed E-state index contributed by atoms with van der Waals surface area (Å²) in [5.41, 5.74) is -0.00651. The van der Waals surface area contributed by atoms with Crippen molar-refractivity contribution in [1.29, 1.82) is 0 Å². The number of hydrogen-bond acceptors (Lipinski definition) is 3. The maximum atomic E-state index is 12.2. The molecule has 0 bridgehead atoms. The molecule has 2 N–H and O–H groups in total. The van der Waals surface area contributed by atoms with Gasteiger partial charge in [0, 0.05) is 12.0 Å². The van der Waals surface area contributed by atoms with Gasteiger partial charge in [-0.05, 0) is 57.3 Å². The smallest absolute Gasteiger partial charge is 0.407 e. The SMILES string of the molecule is CCC1=C[C@@H]2[C@H](C1)C[C@@]2(CNC(=O)OC(C)(C)C)C(C(=O)O)C(C)(C)C. The zero-order valence-electron chi connectivity index (χ0n) is 17.3. The highest BCUT2D eigenvalue weighted by Crippen LogP contribution is 2.64. The number of amides is 1. The summed E-state index contributed by atoms with van der Waals surface area (Å²) in [6, 6.07) is 0. The summed E-state index contributed by atoms with van der Waals surface area (Å²) in [4.78, 5) is 24.4. The Morgan fingerprint density at radius 1 is 1.31 bits per heavy atom. The highest BCUT2D eigenvalue weighted by atomic mass is 16.6. The third kappa shape index (κ3) is 4.07. The Balaban J connectivity index is 2.28. The number of nitrogens with one attached hydrogen (secondary N) is 1. The van der Waals surface area contributed by atoms with Crippen molar-refractivity contribution in [3.8, 4) is 0 Å². The van der Waals surface area contributed by atoms with Gasteiger partial charge in [0.1, 0.15) is 5.60 Å². The number of ether oxygens (including phenoxy) is 1. The van der Waals surface area contributed by atoms with E-state index in [0.717, 1.165) is 19.3 Å². The van der Waals surface area contributed by atoms with Gasteiger partial charge in [-0.2, -0.15) is 0 Å². The monoisotopic (exact) mass is 365 g/mol. The minimum atomic E-state index is -0.778. The molecule has 0 aromatic rings. The normalized spacial score (nSPS) is 29.3. The Kier molecular flexibility index (Phi) is 5.51. The fraction of sp³-hybridized carbons (Fsp3) is 0.810. The summed E-state index contributed by atoms with van der Waals surface area (Å²) >= 11 is 0. The molecule has 1 fully saturated rings. The Bertz CT molecular complexity index is 596. The number of aliphatic carboxylic acids is 1. The Labute approximate surface area is 157 Å². The van der Waals surface area contributed by atoms with E-state index in [1.807, 2.05) is 41.5 Å². The first-order valence-electron chi connectivity index (χ1n) is 9.69.